The van der Waals surface area contributed by atoms with Crippen LogP contribution < -0.4 is 19.6 Å². The van der Waals surface area contributed by atoms with Crippen molar-refractivity contribution in [1.29, 1.82) is 0 Å². The van der Waals surface area contributed by atoms with Crippen LogP contribution in [-0.4, -0.2) is 36.8 Å². The lowest BCUT2D eigenvalue weighted by molar-refractivity contribution is -0.143. The van der Waals surface area contributed by atoms with Gasteiger partial charge in [0, 0.05) is 11.6 Å². The van der Waals surface area contributed by atoms with E-state index < -0.39 is 18.0 Å². The lowest BCUT2D eigenvalue weighted by Crippen LogP contribution is -2.40. The monoisotopic (exact) mass is 572 g/mol. The normalized spacial score (nSPS) is 15.0. The quantitative estimate of drug-likeness (QED) is 0.305. The first-order valence-electron chi connectivity index (χ1n) is 12.9. The summed E-state index contributed by atoms with van der Waals surface area (Å²) in [5, 5.41) is 0. The molecule has 0 fully saturated rings. The van der Waals surface area contributed by atoms with E-state index in [0.717, 1.165) is 0 Å². The maximum Gasteiger partial charge on any atom is 0.338 e. The molecule has 4 aromatic rings. The molecule has 0 aliphatic carbocycles. The number of allylic oxidation sites excluding steroid dienone is 1. The molecule has 0 saturated carbocycles. The molecule has 1 atom stereocenters. The molecule has 2 aromatic carbocycles. The van der Waals surface area contributed by atoms with Crippen molar-refractivity contribution in [2.75, 3.05) is 14.2 Å². The van der Waals surface area contributed by atoms with E-state index in [-0.39, 0.29) is 11.7 Å². The van der Waals surface area contributed by atoms with Crippen molar-refractivity contribution < 1.29 is 28.2 Å². The first-order valence-corrected chi connectivity index (χ1v) is 13.7. The summed E-state index contributed by atoms with van der Waals surface area (Å²) in [5.41, 5.74) is 2.09. The Bertz CT molecular complexity index is 1840. The molecule has 0 bridgehead atoms. The molecule has 0 radical (unpaired) electrons. The van der Waals surface area contributed by atoms with Crippen LogP contribution in [0.5, 0.6) is 5.75 Å². The minimum Gasteiger partial charge on any atom is -0.497 e. The van der Waals surface area contributed by atoms with Crippen LogP contribution in [0.25, 0.3) is 17.4 Å². The Balaban J connectivity index is 1.62. The third-order valence-corrected chi connectivity index (χ3v) is 7.50. The van der Waals surface area contributed by atoms with E-state index in [0.29, 0.717) is 54.6 Å². The molecule has 41 heavy (non-hydrogen) atoms. The van der Waals surface area contributed by atoms with E-state index in [1.54, 1.807) is 82.5 Å². The topological polar surface area (TPSA) is 109 Å². The number of ether oxygens (including phenoxy) is 3. The van der Waals surface area contributed by atoms with Crippen LogP contribution in [-0.2, 0) is 14.3 Å². The van der Waals surface area contributed by atoms with Crippen molar-refractivity contribution in [2.45, 2.75) is 32.9 Å². The number of hydrogen-bond acceptors (Lipinski definition) is 9. The highest BCUT2D eigenvalue weighted by atomic mass is 32.1. The van der Waals surface area contributed by atoms with E-state index in [1.165, 1.54) is 23.0 Å². The van der Waals surface area contributed by atoms with E-state index in [9.17, 15) is 14.4 Å². The van der Waals surface area contributed by atoms with Crippen LogP contribution in [0.4, 0.5) is 0 Å². The number of fused-ring (bicyclic) bond motifs is 1. The van der Waals surface area contributed by atoms with E-state index in [4.69, 9.17) is 18.6 Å². The van der Waals surface area contributed by atoms with Crippen molar-refractivity contribution in [2.24, 2.45) is 4.99 Å². The summed E-state index contributed by atoms with van der Waals surface area (Å²) in [6.45, 7) is 5.28. The van der Waals surface area contributed by atoms with E-state index in [1.807, 2.05) is 12.1 Å². The zero-order valence-electron chi connectivity index (χ0n) is 23.2. The highest BCUT2D eigenvalue weighted by Crippen LogP contribution is 2.32. The van der Waals surface area contributed by atoms with Gasteiger partial charge in [0.1, 0.15) is 17.3 Å². The molecule has 5 rings (SSSR count). The summed E-state index contributed by atoms with van der Waals surface area (Å²) in [5.74, 6) is 0.510. The lowest BCUT2D eigenvalue weighted by Gasteiger charge is -2.25. The van der Waals surface area contributed by atoms with Crippen molar-refractivity contribution in [1.82, 2.24) is 4.57 Å². The number of furan rings is 1. The number of benzene rings is 2. The molecule has 1 aliphatic heterocycles. The molecule has 1 aliphatic rings. The first kappa shape index (κ1) is 27.9. The Morgan fingerprint density at radius 2 is 1.76 bits per heavy atom. The Morgan fingerprint density at radius 1 is 1.02 bits per heavy atom. The third kappa shape index (κ3) is 5.38. The molecular formula is C31H28N2O7S. The summed E-state index contributed by atoms with van der Waals surface area (Å²) in [6, 6.07) is 16.9. The van der Waals surface area contributed by atoms with Gasteiger partial charge in [0.2, 0.25) is 0 Å². The molecule has 0 amide bonds. The van der Waals surface area contributed by atoms with Gasteiger partial charge in [-0.3, -0.25) is 9.36 Å². The zero-order chi connectivity index (χ0) is 29.3. The molecule has 10 heteroatoms. The van der Waals surface area contributed by atoms with Crippen molar-refractivity contribution >= 4 is 29.4 Å². The molecule has 0 unspecified atom stereocenters. The number of rotatable bonds is 7. The molecule has 0 N–H and O–H groups in total. The van der Waals surface area contributed by atoms with Gasteiger partial charge in [0.05, 0.1) is 47.7 Å². The Kier molecular flexibility index (Phi) is 7.76. The van der Waals surface area contributed by atoms with Gasteiger partial charge < -0.3 is 18.6 Å². The Morgan fingerprint density at radius 3 is 2.44 bits per heavy atom. The standard InChI is InChI=1S/C31H28N2O7S/c1-17(2)39-30(36)26-18(3)32-31-33(27(26)19-10-12-20(37-4)13-11-19)28(34)25(41-31)16-21-14-15-24(40-21)22-8-6-7-9-23(22)29(35)38-5/h6-17,27H,1-5H3/b25-16+/t27-/m1/s1. The Labute approximate surface area is 239 Å². The van der Waals surface area contributed by atoms with Gasteiger partial charge in [-0.1, -0.05) is 41.7 Å². The largest absolute Gasteiger partial charge is 0.497 e. The van der Waals surface area contributed by atoms with Gasteiger partial charge in [-0.15, -0.1) is 0 Å². The summed E-state index contributed by atoms with van der Waals surface area (Å²) >= 11 is 1.19. The predicted octanol–water partition coefficient (Wildman–Crippen LogP) is 4.24. The van der Waals surface area contributed by atoms with E-state index >= 15 is 0 Å². The van der Waals surface area contributed by atoms with Crippen LogP contribution in [0.3, 0.4) is 0 Å². The number of thiazole rings is 1. The van der Waals surface area contributed by atoms with Crippen LogP contribution in [0, 0.1) is 0 Å². The molecule has 2 aromatic heterocycles. The average Bonchev–Trinajstić information content (AvgIpc) is 3.55. The highest BCUT2D eigenvalue weighted by molar-refractivity contribution is 7.07. The fourth-order valence-electron chi connectivity index (χ4n) is 4.65. The second kappa shape index (κ2) is 11.4. The zero-order valence-corrected chi connectivity index (χ0v) is 24.0. The second-order valence-corrected chi connectivity index (χ2v) is 10.6. The molecule has 9 nitrogen and oxygen atoms in total. The van der Waals surface area contributed by atoms with Crippen LogP contribution >= 0.6 is 11.3 Å². The number of carbonyl (C=O) groups is 2. The number of aromatic nitrogens is 1. The van der Waals surface area contributed by atoms with Crippen LogP contribution in [0.2, 0.25) is 0 Å². The van der Waals surface area contributed by atoms with Gasteiger partial charge in [-0.05, 0) is 56.7 Å². The molecule has 3 heterocycles. The fourth-order valence-corrected chi connectivity index (χ4v) is 5.68. The number of methoxy groups -OCH3 is 2. The minimum atomic E-state index is -0.746. The predicted molar refractivity (Wildman–Crippen MR) is 153 cm³/mol. The maximum absolute atomic E-state index is 13.9. The molecule has 0 saturated heterocycles. The molecular weight excluding hydrogens is 544 g/mol. The van der Waals surface area contributed by atoms with E-state index in [2.05, 4.69) is 4.99 Å². The maximum atomic E-state index is 13.9. The van der Waals surface area contributed by atoms with Crippen molar-refractivity contribution in [3.05, 3.63) is 109 Å². The summed E-state index contributed by atoms with van der Waals surface area (Å²) in [4.78, 5) is 44.4. The average molecular weight is 573 g/mol. The molecule has 210 valence electrons. The van der Waals surface area contributed by atoms with Gasteiger partial charge in [-0.2, -0.15) is 0 Å². The first-order chi connectivity index (χ1) is 19.7. The van der Waals surface area contributed by atoms with Crippen molar-refractivity contribution in [3.63, 3.8) is 0 Å². The SMILES string of the molecule is COC(=O)c1ccccc1-c1ccc(/C=c2/sc3n(c2=O)[C@H](c2ccc(OC)cc2)C(C(=O)OC(C)C)=C(C)N=3)o1. The number of nitrogens with zero attached hydrogens (tertiary/aromatic N) is 2. The minimum absolute atomic E-state index is 0.294. The highest BCUT2D eigenvalue weighted by Gasteiger charge is 2.34. The summed E-state index contributed by atoms with van der Waals surface area (Å²) in [6.07, 6.45) is 1.28. The summed E-state index contributed by atoms with van der Waals surface area (Å²) in [7, 11) is 2.89. The van der Waals surface area contributed by atoms with Gasteiger partial charge in [0.15, 0.2) is 4.80 Å². The number of carbonyl (C=O) groups excluding carboxylic acids is 2. The fraction of sp³-hybridized carbons (Fsp3) is 0.226. The van der Waals surface area contributed by atoms with Gasteiger partial charge >= 0.3 is 11.9 Å². The summed E-state index contributed by atoms with van der Waals surface area (Å²) < 4.78 is 23.6. The number of hydrogen-bond donors (Lipinski definition) is 0. The smallest absolute Gasteiger partial charge is 0.338 e. The van der Waals surface area contributed by atoms with Crippen LogP contribution in [0.1, 0.15) is 48.5 Å². The second-order valence-electron chi connectivity index (χ2n) is 9.55. The van der Waals surface area contributed by atoms with Gasteiger partial charge in [0.25, 0.3) is 5.56 Å². The number of esters is 2. The molecule has 0 spiro atoms. The van der Waals surface area contributed by atoms with Crippen molar-refractivity contribution in [3.8, 4) is 17.1 Å². The van der Waals surface area contributed by atoms with Gasteiger partial charge in [-0.25, -0.2) is 14.6 Å². The lowest BCUT2D eigenvalue weighted by atomic mass is 9.96. The Hall–Kier alpha value is -4.70. The van der Waals surface area contributed by atoms with Crippen LogP contribution in [0.15, 0.2) is 86.1 Å². The third-order valence-electron chi connectivity index (χ3n) is 6.51.